The number of morpholine rings is 1. The van der Waals surface area contributed by atoms with E-state index in [-0.39, 0.29) is 17.1 Å². The molecular weight excluding hydrogens is 262 g/mol. The van der Waals surface area contributed by atoms with E-state index in [0.29, 0.717) is 11.8 Å². The van der Waals surface area contributed by atoms with E-state index in [2.05, 4.69) is 49.3 Å². The molecular formula is C13H23N3O2S. The Balaban J connectivity index is 1.87. The van der Waals surface area contributed by atoms with Crippen molar-refractivity contribution < 1.29 is 9.47 Å². The van der Waals surface area contributed by atoms with Crippen molar-refractivity contribution in [3.63, 3.8) is 0 Å². The maximum Gasteiger partial charge on any atom is 0.293 e. The van der Waals surface area contributed by atoms with E-state index in [1.165, 1.54) is 11.5 Å². The lowest BCUT2D eigenvalue weighted by molar-refractivity contribution is -0.107. The fourth-order valence-corrected chi connectivity index (χ4v) is 2.63. The van der Waals surface area contributed by atoms with Gasteiger partial charge in [-0.05, 0) is 13.8 Å². The highest BCUT2D eigenvalue weighted by Gasteiger charge is 2.29. The molecule has 19 heavy (non-hydrogen) atoms. The van der Waals surface area contributed by atoms with Crippen LogP contribution in [0.5, 0.6) is 5.19 Å². The van der Waals surface area contributed by atoms with Gasteiger partial charge in [0.2, 0.25) is 0 Å². The van der Waals surface area contributed by atoms with E-state index in [1.54, 1.807) is 0 Å². The first-order valence-electron chi connectivity index (χ1n) is 6.62. The first-order chi connectivity index (χ1) is 8.76. The van der Waals surface area contributed by atoms with Crippen LogP contribution >= 0.6 is 11.5 Å². The molecule has 5 nitrogen and oxygen atoms in total. The van der Waals surface area contributed by atoms with Crippen LogP contribution in [-0.2, 0) is 10.2 Å². The van der Waals surface area contributed by atoms with Crippen molar-refractivity contribution in [3.05, 3.63) is 5.82 Å². The van der Waals surface area contributed by atoms with Gasteiger partial charge in [-0.2, -0.15) is 9.36 Å². The monoisotopic (exact) mass is 285 g/mol. The molecule has 0 aromatic carbocycles. The smallest absolute Gasteiger partial charge is 0.293 e. The summed E-state index contributed by atoms with van der Waals surface area (Å²) in [6.07, 6.45) is 0.0609. The Morgan fingerprint density at radius 3 is 2.79 bits per heavy atom. The van der Waals surface area contributed by atoms with Gasteiger partial charge in [-0.3, -0.25) is 0 Å². The largest absolute Gasteiger partial charge is 0.466 e. The molecule has 1 N–H and O–H groups in total. The van der Waals surface area contributed by atoms with Crippen molar-refractivity contribution >= 4 is 11.5 Å². The number of aromatic nitrogens is 2. The third-order valence-electron chi connectivity index (χ3n) is 2.88. The van der Waals surface area contributed by atoms with Gasteiger partial charge in [-0.25, -0.2) is 0 Å². The number of ether oxygens (including phenoxy) is 2. The lowest BCUT2D eigenvalue weighted by atomic mass is 9.96. The average Bonchev–Trinajstić information content (AvgIpc) is 2.73. The van der Waals surface area contributed by atoms with Crippen molar-refractivity contribution in [2.75, 3.05) is 19.7 Å². The van der Waals surface area contributed by atoms with Gasteiger partial charge in [0, 0.05) is 30.0 Å². The average molecular weight is 285 g/mol. The van der Waals surface area contributed by atoms with E-state index in [4.69, 9.17) is 9.47 Å². The SMILES string of the molecule is CC1(C)CNCC(COc2nc(C(C)(C)C)ns2)O1. The van der Waals surface area contributed by atoms with Gasteiger partial charge in [-0.15, -0.1) is 0 Å². The Morgan fingerprint density at radius 1 is 1.47 bits per heavy atom. The molecule has 0 aliphatic carbocycles. The van der Waals surface area contributed by atoms with E-state index in [9.17, 15) is 0 Å². The van der Waals surface area contributed by atoms with Gasteiger partial charge in [0.25, 0.3) is 5.19 Å². The van der Waals surface area contributed by atoms with Crippen LogP contribution in [0.15, 0.2) is 0 Å². The summed E-state index contributed by atoms with van der Waals surface area (Å²) in [7, 11) is 0. The molecule has 0 bridgehead atoms. The van der Waals surface area contributed by atoms with Crippen molar-refractivity contribution in [2.24, 2.45) is 0 Å². The summed E-state index contributed by atoms with van der Waals surface area (Å²) in [5.74, 6) is 0.829. The fourth-order valence-electron chi connectivity index (χ4n) is 1.90. The van der Waals surface area contributed by atoms with Gasteiger partial charge in [0.1, 0.15) is 12.7 Å². The highest BCUT2D eigenvalue weighted by atomic mass is 32.1. The van der Waals surface area contributed by atoms with Gasteiger partial charge in [-0.1, -0.05) is 20.8 Å². The predicted octanol–water partition coefficient (Wildman–Crippen LogP) is 1.98. The normalized spacial score (nSPS) is 23.3. The molecule has 108 valence electrons. The van der Waals surface area contributed by atoms with Crippen LogP contribution in [-0.4, -0.2) is 40.8 Å². The molecule has 1 unspecified atom stereocenters. The topological polar surface area (TPSA) is 56.3 Å². The maximum absolute atomic E-state index is 5.94. The number of nitrogens with zero attached hydrogens (tertiary/aromatic N) is 2. The second-order valence-electron chi connectivity index (χ2n) is 6.58. The van der Waals surface area contributed by atoms with E-state index in [1.807, 2.05) is 0 Å². The second-order valence-corrected chi connectivity index (χ2v) is 7.29. The van der Waals surface area contributed by atoms with Crippen LogP contribution in [0.1, 0.15) is 40.4 Å². The van der Waals surface area contributed by atoms with Crippen molar-refractivity contribution in [3.8, 4) is 5.19 Å². The molecule has 1 aliphatic rings. The summed E-state index contributed by atoms with van der Waals surface area (Å²) in [5.41, 5.74) is -0.174. The van der Waals surface area contributed by atoms with Crippen molar-refractivity contribution in [1.29, 1.82) is 0 Å². The predicted molar refractivity (Wildman–Crippen MR) is 75.9 cm³/mol. The van der Waals surface area contributed by atoms with Gasteiger partial charge >= 0.3 is 0 Å². The van der Waals surface area contributed by atoms with E-state index >= 15 is 0 Å². The summed E-state index contributed by atoms with van der Waals surface area (Å²) < 4.78 is 16.0. The van der Waals surface area contributed by atoms with E-state index < -0.39 is 0 Å². The zero-order chi connectivity index (χ0) is 14.1. The van der Waals surface area contributed by atoms with Crippen LogP contribution in [0, 0.1) is 0 Å². The van der Waals surface area contributed by atoms with Gasteiger partial charge in [0.05, 0.1) is 5.60 Å². The summed E-state index contributed by atoms with van der Waals surface area (Å²) >= 11 is 1.31. The van der Waals surface area contributed by atoms with E-state index in [0.717, 1.165) is 18.9 Å². The minimum absolute atomic E-state index is 0.0387. The van der Waals surface area contributed by atoms with Crippen LogP contribution in [0.25, 0.3) is 0 Å². The number of hydrogen-bond acceptors (Lipinski definition) is 6. The summed E-state index contributed by atoms with van der Waals surface area (Å²) in [4.78, 5) is 4.41. The molecule has 1 aromatic rings. The molecule has 1 aliphatic heterocycles. The molecule has 1 saturated heterocycles. The maximum atomic E-state index is 5.94. The standard InChI is InChI=1S/C13H23N3O2S/c1-12(2,3)10-15-11(19-16-10)17-7-9-6-14-8-13(4,5)18-9/h9,14H,6-8H2,1-5H3. The Hall–Kier alpha value is -0.720. The Morgan fingerprint density at radius 2 is 2.21 bits per heavy atom. The van der Waals surface area contributed by atoms with Crippen LogP contribution in [0.3, 0.4) is 0 Å². The lowest BCUT2D eigenvalue weighted by Gasteiger charge is -2.36. The van der Waals surface area contributed by atoms with Crippen molar-refractivity contribution in [1.82, 2.24) is 14.7 Å². The molecule has 2 heterocycles. The van der Waals surface area contributed by atoms with Gasteiger partial charge < -0.3 is 14.8 Å². The molecule has 0 saturated carbocycles. The first kappa shape index (κ1) is 14.7. The molecule has 1 aromatic heterocycles. The lowest BCUT2D eigenvalue weighted by Crippen LogP contribution is -2.52. The quantitative estimate of drug-likeness (QED) is 0.920. The first-order valence-corrected chi connectivity index (χ1v) is 7.39. The minimum atomic E-state index is -0.135. The van der Waals surface area contributed by atoms with Crippen molar-refractivity contribution in [2.45, 2.75) is 51.7 Å². The molecule has 1 fully saturated rings. The fraction of sp³-hybridized carbons (Fsp3) is 0.846. The summed E-state index contributed by atoms with van der Waals surface area (Å²) in [6, 6.07) is 0. The van der Waals surface area contributed by atoms with Gasteiger partial charge in [0.15, 0.2) is 5.82 Å². The van der Waals surface area contributed by atoms with Crippen LogP contribution < -0.4 is 10.1 Å². The second kappa shape index (κ2) is 5.34. The Bertz CT molecular complexity index is 426. The Kier molecular flexibility index (Phi) is 4.13. The highest BCUT2D eigenvalue weighted by Crippen LogP contribution is 2.24. The molecule has 6 heteroatoms. The molecule has 0 spiro atoms. The third-order valence-corrected chi connectivity index (χ3v) is 3.51. The van der Waals surface area contributed by atoms with Crippen LogP contribution in [0.2, 0.25) is 0 Å². The number of rotatable bonds is 3. The molecule has 0 radical (unpaired) electrons. The summed E-state index contributed by atoms with van der Waals surface area (Å²) in [6.45, 7) is 12.6. The third kappa shape index (κ3) is 4.12. The highest BCUT2D eigenvalue weighted by molar-refractivity contribution is 7.07. The molecule has 1 atom stereocenters. The minimum Gasteiger partial charge on any atom is -0.466 e. The Labute approximate surface area is 118 Å². The zero-order valence-electron chi connectivity index (χ0n) is 12.3. The molecule has 0 amide bonds. The number of nitrogens with one attached hydrogen (secondary N) is 1. The molecule has 2 rings (SSSR count). The summed E-state index contributed by atoms with van der Waals surface area (Å²) in [5, 5.41) is 3.98. The zero-order valence-corrected chi connectivity index (χ0v) is 13.1. The van der Waals surface area contributed by atoms with Crippen LogP contribution in [0.4, 0.5) is 0 Å². The number of hydrogen-bond donors (Lipinski definition) is 1.